The predicted molar refractivity (Wildman–Crippen MR) is 82.4 cm³/mol. The molecule has 1 saturated heterocycles. The Morgan fingerprint density at radius 3 is 2.95 bits per heavy atom. The minimum atomic E-state index is -0.498. The van der Waals surface area contributed by atoms with Crippen LogP contribution in [-0.2, 0) is 6.42 Å². The Bertz CT molecular complexity index is 660. The van der Waals surface area contributed by atoms with Gasteiger partial charge in [0, 0.05) is 31.3 Å². The van der Waals surface area contributed by atoms with Crippen LogP contribution in [-0.4, -0.2) is 44.6 Å². The van der Waals surface area contributed by atoms with Gasteiger partial charge >= 0.3 is 0 Å². The lowest BCUT2D eigenvalue weighted by atomic mass is 10.0. The van der Waals surface area contributed by atoms with Gasteiger partial charge in [0.25, 0.3) is 5.91 Å². The van der Waals surface area contributed by atoms with E-state index in [1.165, 1.54) is 0 Å². The molecule has 0 radical (unpaired) electrons. The molecule has 22 heavy (non-hydrogen) atoms. The molecule has 1 aliphatic rings. The molecule has 0 unspecified atom stereocenters. The quantitative estimate of drug-likeness (QED) is 0.934. The number of carbonyl (C=O) groups is 1. The molecule has 3 heterocycles. The molecule has 1 N–H and O–H groups in total. The molecule has 0 spiro atoms. The summed E-state index contributed by atoms with van der Waals surface area (Å²) in [5, 5.41) is 10.2. The number of hydrogen-bond acceptors (Lipinski definition) is 4. The number of aromatic nitrogens is 2. The first-order valence-corrected chi connectivity index (χ1v) is 7.45. The third-order valence-corrected chi connectivity index (χ3v) is 4.06. The van der Waals surface area contributed by atoms with Crippen LogP contribution in [0.2, 0.25) is 0 Å². The van der Waals surface area contributed by atoms with Crippen molar-refractivity contribution in [2.45, 2.75) is 31.9 Å². The zero-order valence-corrected chi connectivity index (χ0v) is 12.5. The van der Waals surface area contributed by atoms with E-state index in [0.717, 1.165) is 11.1 Å². The second-order valence-electron chi connectivity index (χ2n) is 5.74. The fourth-order valence-electron chi connectivity index (χ4n) is 2.93. The Morgan fingerprint density at radius 2 is 2.23 bits per heavy atom. The molecule has 1 fully saturated rings. The average molecular weight is 297 g/mol. The monoisotopic (exact) mass is 297 g/mol. The molecule has 5 nitrogen and oxygen atoms in total. The van der Waals surface area contributed by atoms with Crippen LogP contribution in [0.3, 0.4) is 0 Å². The van der Waals surface area contributed by atoms with E-state index in [-0.39, 0.29) is 11.9 Å². The number of aliphatic hydroxyl groups excluding tert-OH is 1. The van der Waals surface area contributed by atoms with Crippen molar-refractivity contribution < 1.29 is 9.90 Å². The summed E-state index contributed by atoms with van der Waals surface area (Å²) in [7, 11) is 0. The van der Waals surface area contributed by atoms with Crippen molar-refractivity contribution in [1.29, 1.82) is 0 Å². The second kappa shape index (κ2) is 6.23. The van der Waals surface area contributed by atoms with Crippen LogP contribution in [0, 0.1) is 6.92 Å². The molecule has 2 atom stereocenters. The van der Waals surface area contributed by atoms with Gasteiger partial charge in [0.05, 0.1) is 17.7 Å². The van der Waals surface area contributed by atoms with E-state index in [1.807, 2.05) is 25.1 Å². The summed E-state index contributed by atoms with van der Waals surface area (Å²) in [5.74, 6) is -0.0679. The summed E-state index contributed by atoms with van der Waals surface area (Å²) in [4.78, 5) is 22.6. The van der Waals surface area contributed by atoms with E-state index in [1.54, 1.807) is 29.7 Å². The molecule has 3 rings (SSSR count). The van der Waals surface area contributed by atoms with Crippen LogP contribution in [0.5, 0.6) is 0 Å². The van der Waals surface area contributed by atoms with E-state index in [9.17, 15) is 9.90 Å². The van der Waals surface area contributed by atoms with E-state index >= 15 is 0 Å². The van der Waals surface area contributed by atoms with Gasteiger partial charge in [-0.2, -0.15) is 0 Å². The van der Waals surface area contributed by atoms with Crippen LogP contribution < -0.4 is 0 Å². The Kier molecular flexibility index (Phi) is 4.15. The van der Waals surface area contributed by atoms with Crippen molar-refractivity contribution >= 4 is 5.91 Å². The summed E-state index contributed by atoms with van der Waals surface area (Å²) in [6.07, 6.45) is 7.53. The molecular weight excluding hydrogens is 278 g/mol. The number of pyridine rings is 2. The molecule has 5 heteroatoms. The summed E-state index contributed by atoms with van der Waals surface area (Å²) in [5.41, 5.74) is 2.55. The van der Waals surface area contributed by atoms with Crippen LogP contribution in [0.4, 0.5) is 0 Å². The standard InChI is InChI=1S/C17H19N3O2/c1-12-7-14(11-19-9-12)17(22)20-6-4-16(21)15(20)8-13-3-2-5-18-10-13/h2-3,5,7,9-11,15-16,21H,4,6,8H2,1H3/t15-,16-/m1/s1. The van der Waals surface area contributed by atoms with Crippen LogP contribution in [0.25, 0.3) is 0 Å². The highest BCUT2D eigenvalue weighted by atomic mass is 16.3. The SMILES string of the molecule is Cc1cncc(C(=O)N2CC[C@@H](O)[C@H]2Cc2cccnc2)c1. The van der Waals surface area contributed by atoms with E-state index in [4.69, 9.17) is 0 Å². The maximum absolute atomic E-state index is 12.7. The van der Waals surface area contributed by atoms with Gasteiger partial charge < -0.3 is 10.0 Å². The van der Waals surface area contributed by atoms with E-state index in [0.29, 0.717) is 24.9 Å². The molecule has 0 aliphatic carbocycles. The lowest BCUT2D eigenvalue weighted by Crippen LogP contribution is -2.41. The first kappa shape index (κ1) is 14.7. The van der Waals surface area contributed by atoms with Crippen LogP contribution >= 0.6 is 0 Å². The van der Waals surface area contributed by atoms with Gasteiger partial charge in [-0.1, -0.05) is 6.07 Å². The van der Waals surface area contributed by atoms with Crippen molar-refractivity contribution in [1.82, 2.24) is 14.9 Å². The highest BCUT2D eigenvalue weighted by molar-refractivity contribution is 5.94. The molecular formula is C17H19N3O2. The van der Waals surface area contributed by atoms with Crippen molar-refractivity contribution in [2.24, 2.45) is 0 Å². The summed E-state index contributed by atoms with van der Waals surface area (Å²) in [6, 6.07) is 5.46. The first-order chi connectivity index (χ1) is 10.6. The van der Waals surface area contributed by atoms with Gasteiger partial charge in [-0.3, -0.25) is 14.8 Å². The Balaban J connectivity index is 1.81. The van der Waals surface area contributed by atoms with E-state index in [2.05, 4.69) is 9.97 Å². The van der Waals surface area contributed by atoms with Crippen LogP contribution in [0.1, 0.15) is 27.9 Å². The Hall–Kier alpha value is -2.27. The number of nitrogens with zero attached hydrogens (tertiary/aromatic N) is 3. The largest absolute Gasteiger partial charge is 0.391 e. The zero-order valence-electron chi connectivity index (χ0n) is 12.5. The highest BCUT2D eigenvalue weighted by Gasteiger charge is 2.36. The number of aryl methyl sites for hydroxylation is 1. The van der Waals surface area contributed by atoms with Crippen molar-refractivity contribution in [2.75, 3.05) is 6.54 Å². The number of aliphatic hydroxyl groups is 1. The molecule has 1 amide bonds. The minimum Gasteiger partial charge on any atom is -0.391 e. The van der Waals surface area contributed by atoms with Gasteiger partial charge in [-0.15, -0.1) is 0 Å². The van der Waals surface area contributed by atoms with Gasteiger partial charge in [0.1, 0.15) is 0 Å². The zero-order chi connectivity index (χ0) is 15.5. The van der Waals surface area contributed by atoms with Gasteiger partial charge in [-0.25, -0.2) is 0 Å². The first-order valence-electron chi connectivity index (χ1n) is 7.45. The number of carbonyl (C=O) groups excluding carboxylic acids is 1. The smallest absolute Gasteiger partial charge is 0.255 e. The lowest BCUT2D eigenvalue weighted by molar-refractivity contribution is 0.0639. The van der Waals surface area contributed by atoms with Gasteiger partial charge in [0.15, 0.2) is 0 Å². The van der Waals surface area contributed by atoms with Gasteiger partial charge in [-0.05, 0) is 43.0 Å². The molecule has 114 valence electrons. The number of rotatable bonds is 3. The summed E-state index contributed by atoms with van der Waals surface area (Å²) >= 11 is 0. The average Bonchev–Trinajstić information content (AvgIpc) is 2.89. The maximum atomic E-state index is 12.7. The number of hydrogen-bond donors (Lipinski definition) is 1. The predicted octanol–water partition coefficient (Wildman–Crippen LogP) is 1.60. The maximum Gasteiger partial charge on any atom is 0.255 e. The molecule has 1 aliphatic heterocycles. The molecule has 0 bridgehead atoms. The second-order valence-corrected chi connectivity index (χ2v) is 5.74. The highest BCUT2D eigenvalue weighted by Crippen LogP contribution is 2.23. The van der Waals surface area contributed by atoms with E-state index < -0.39 is 6.10 Å². The van der Waals surface area contributed by atoms with Gasteiger partial charge in [0.2, 0.25) is 0 Å². The van der Waals surface area contributed by atoms with Crippen LogP contribution in [0.15, 0.2) is 43.0 Å². The molecule has 2 aromatic heterocycles. The number of amides is 1. The normalized spacial score (nSPS) is 21.1. The topological polar surface area (TPSA) is 66.3 Å². The minimum absolute atomic E-state index is 0.0679. The fraction of sp³-hybridized carbons (Fsp3) is 0.353. The van der Waals surface area contributed by atoms with Crippen molar-refractivity contribution in [3.05, 3.63) is 59.7 Å². The summed E-state index contributed by atoms with van der Waals surface area (Å²) in [6.45, 7) is 2.48. The lowest BCUT2D eigenvalue weighted by Gasteiger charge is -2.26. The Morgan fingerprint density at radius 1 is 1.36 bits per heavy atom. The van der Waals surface area contributed by atoms with Crippen molar-refractivity contribution in [3.63, 3.8) is 0 Å². The Labute approximate surface area is 129 Å². The third kappa shape index (κ3) is 2.99. The van der Waals surface area contributed by atoms with Crippen molar-refractivity contribution in [3.8, 4) is 0 Å². The molecule has 0 aromatic carbocycles. The molecule has 2 aromatic rings. The third-order valence-electron chi connectivity index (χ3n) is 4.06. The fourth-order valence-corrected chi connectivity index (χ4v) is 2.93. The summed E-state index contributed by atoms with van der Waals surface area (Å²) < 4.78 is 0. The molecule has 0 saturated carbocycles. The number of likely N-dealkylation sites (tertiary alicyclic amines) is 1.